The smallest absolute Gasteiger partial charge is 0.146 e. The SMILES string of the molecule is Cc1ccc(Oc2ccc(C(C)N)cc2)c(Cl)c1. The topological polar surface area (TPSA) is 35.2 Å². The van der Waals surface area contributed by atoms with Crippen molar-refractivity contribution in [2.24, 2.45) is 5.73 Å². The van der Waals surface area contributed by atoms with E-state index >= 15 is 0 Å². The Kier molecular flexibility index (Phi) is 3.90. The van der Waals surface area contributed by atoms with Gasteiger partial charge in [0.2, 0.25) is 0 Å². The first-order valence-electron chi connectivity index (χ1n) is 5.86. The maximum atomic E-state index is 6.12. The van der Waals surface area contributed by atoms with Crippen molar-refractivity contribution in [2.75, 3.05) is 0 Å². The number of hydrogen-bond acceptors (Lipinski definition) is 2. The Hall–Kier alpha value is -1.51. The van der Waals surface area contributed by atoms with Gasteiger partial charge in [-0.2, -0.15) is 0 Å². The van der Waals surface area contributed by atoms with E-state index in [1.54, 1.807) is 0 Å². The molecule has 0 fully saturated rings. The molecule has 2 N–H and O–H groups in total. The molecule has 2 nitrogen and oxygen atoms in total. The molecule has 0 amide bonds. The van der Waals surface area contributed by atoms with Crippen LogP contribution in [0.3, 0.4) is 0 Å². The van der Waals surface area contributed by atoms with E-state index < -0.39 is 0 Å². The molecule has 2 rings (SSSR count). The molecule has 2 aromatic carbocycles. The quantitative estimate of drug-likeness (QED) is 0.885. The molecule has 2 aromatic rings. The summed E-state index contributed by atoms with van der Waals surface area (Å²) in [5.74, 6) is 1.42. The molecule has 1 unspecified atom stereocenters. The van der Waals surface area contributed by atoms with Crippen molar-refractivity contribution >= 4 is 11.6 Å². The molecule has 0 aliphatic carbocycles. The van der Waals surface area contributed by atoms with E-state index in [4.69, 9.17) is 22.1 Å². The number of hydrogen-bond donors (Lipinski definition) is 1. The van der Waals surface area contributed by atoms with Gasteiger partial charge >= 0.3 is 0 Å². The highest BCUT2D eigenvalue weighted by Gasteiger charge is 2.04. The third-order valence-electron chi connectivity index (χ3n) is 2.72. The second-order valence-electron chi connectivity index (χ2n) is 4.39. The molecular weight excluding hydrogens is 246 g/mol. The van der Waals surface area contributed by atoms with E-state index in [0.717, 1.165) is 16.9 Å². The number of aryl methyl sites for hydroxylation is 1. The predicted octanol–water partition coefficient (Wildman–Crippen LogP) is 4.46. The summed E-state index contributed by atoms with van der Waals surface area (Å²) in [5, 5.41) is 0.617. The van der Waals surface area contributed by atoms with Crippen LogP contribution in [0.4, 0.5) is 0 Å². The monoisotopic (exact) mass is 261 g/mol. The summed E-state index contributed by atoms with van der Waals surface area (Å²) in [4.78, 5) is 0. The van der Waals surface area contributed by atoms with Gasteiger partial charge in [0.25, 0.3) is 0 Å². The summed E-state index contributed by atoms with van der Waals surface area (Å²) < 4.78 is 5.73. The summed E-state index contributed by atoms with van der Waals surface area (Å²) in [5.41, 5.74) is 7.99. The summed E-state index contributed by atoms with van der Waals surface area (Å²) in [7, 11) is 0. The molecule has 3 heteroatoms. The van der Waals surface area contributed by atoms with Crippen molar-refractivity contribution in [2.45, 2.75) is 19.9 Å². The van der Waals surface area contributed by atoms with Crippen LogP contribution >= 0.6 is 11.6 Å². The summed E-state index contributed by atoms with van der Waals surface area (Å²) >= 11 is 6.12. The highest BCUT2D eigenvalue weighted by molar-refractivity contribution is 6.32. The average Bonchev–Trinajstić information content (AvgIpc) is 2.33. The van der Waals surface area contributed by atoms with Gasteiger partial charge in [0.1, 0.15) is 11.5 Å². The first-order valence-corrected chi connectivity index (χ1v) is 6.23. The fraction of sp³-hybridized carbons (Fsp3) is 0.200. The molecule has 0 heterocycles. The molecule has 0 aliphatic rings. The Balaban J connectivity index is 2.18. The third kappa shape index (κ3) is 3.03. The minimum atomic E-state index is 0.0296. The minimum absolute atomic E-state index is 0.0296. The maximum Gasteiger partial charge on any atom is 0.146 e. The first kappa shape index (κ1) is 12.9. The highest BCUT2D eigenvalue weighted by atomic mass is 35.5. The van der Waals surface area contributed by atoms with Gasteiger partial charge in [0, 0.05) is 6.04 Å². The molecule has 94 valence electrons. The van der Waals surface area contributed by atoms with E-state index in [0.29, 0.717) is 10.8 Å². The zero-order valence-electron chi connectivity index (χ0n) is 10.5. The highest BCUT2D eigenvalue weighted by Crippen LogP contribution is 2.30. The lowest BCUT2D eigenvalue weighted by Crippen LogP contribution is -2.04. The van der Waals surface area contributed by atoms with Gasteiger partial charge in [-0.25, -0.2) is 0 Å². The van der Waals surface area contributed by atoms with E-state index in [9.17, 15) is 0 Å². The zero-order valence-corrected chi connectivity index (χ0v) is 11.2. The van der Waals surface area contributed by atoms with Crippen LogP contribution < -0.4 is 10.5 Å². The van der Waals surface area contributed by atoms with Crippen LogP contribution in [0.5, 0.6) is 11.5 Å². The number of nitrogens with two attached hydrogens (primary N) is 1. The summed E-state index contributed by atoms with van der Waals surface area (Å²) in [6, 6.07) is 13.5. The lowest BCUT2D eigenvalue weighted by atomic mass is 10.1. The Morgan fingerprint density at radius 2 is 1.78 bits per heavy atom. The molecule has 0 saturated carbocycles. The van der Waals surface area contributed by atoms with Gasteiger partial charge in [-0.05, 0) is 49.2 Å². The van der Waals surface area contributed by atoms with Gasteiger partial charge < -0.3 is 10.5 Å². The van der Waals surface area contributed by atoms with E-state index in [1.165, 1.54) is 0 Å². The normalized spacial score (nSPS) is 12.2. The number of halogens is 1. The van der Waals surface area contributed by atoms with Crippen LogP contribution in [0.25, 0.3) is 0 Å². The molecule has 0 radical (unpaired) electrons. The van der Waals surface area contributed by atoms with E-state index in [1.807, 2.05) is 56.3 Å². The summed E-state index contributed by atoms with van der Waals surface area (Å²) in [6.45, 7) is 3.94. The van der Waals surface area contributed by atoms with Crippen LogP contribution in [0, 0.1) is 6.92 Å². The number of benzene rings is 2. The van der Waals surface area contributed by atoms with Crippen LogP contribution in [-0.2, 0) is 0 Å². The summed E-state index contributed by atoms with van der Waals surface area (Å²) in [6.07, 6.45) is 0. The molecule has 0 saturated heterocycles. The van der Waals surface area contributed by atoms with Crippen LogP contribution in [0.1, 0.15) is 24.1 Å². The standard InChI is InChI=1S/C15H16ClNO/c1-10-3-8-15(14(16)9-10)18-13-6-4-12(5-7-13)11(2)17/h3-9,11H,17H2,1-2H3. The van der Waals surface area contributed by atoms with E-state index in [-0.39, 0.29) is 6.04 Å². The molecule has 1 atom stereocenters. The first-order chi connectivity index (χ1) is 8.56. The van der Waals surface area contributed by atoms with Crippen molar-refractivity contribution in [3.8, 4) is 11.5 Å². The van der Waals surface area contributed by atoms with Gasteiger partial charge in [-0.3, -0.25) is 0 Å². The molecule has 0 bridgehead atoms. The van der Waals surface area contributed by atoms with Crippen molar-refractivity contribution in [3.63, 3.8) is 0 Å². The third-order valence-corrected chi connectivity index (χ3v) is 3.02. The van der Waals surface area contributed by atoms with Crippen molar-refractivity contribution in [3.05, 3.63) is 58.6 Å². The minimum Gasteiger partial charge on any atom is -0.456 e. The molecule has 0 aromatic heterocycles. The lowest BCUT2D eigenvalue weighted by Gasteiger charge is -2.10. The fourth-order valence-corrected chi connectivity index (χ4v) is 1.93. The Morgan fingerprint density at radius 1 is 1.11 bits per heavy atom. The Morgan fingerprint density at radius 3 is 2.33 bits per heavy atom. The van der Waals surface area contributed by atoms with Crippen molar-refractivity contribution in [1.82, 2.24) is 0 Å². The fourth-order valence-electron chi connectivity index (χ4n) is 1.66. The van der Waals surface area contributed by atoms with Crippen molar-refractivity contribution < 1.29 is 4.74 Å². The molecular formula is C15H16ClNO. The van der Waals surface area contributed by atoms with Crippen LogP contribution in [-0.4, -0.2) is 0 Å². The number of ether oxygens (including phenoxy) is 1. The molecule has 18 heavy (non-hydrogen) atoms. The lowest BCUT2D eigenvalue weighted by molar-refractivity contribution is 0.482. The Bertz CT molecular complexity index is 535. The largest absolute Gasteiger partial charge is 0.456 e. The maximum absolute atomic E-state index is 6.12. The van der Waals surface area contributed by atoms with Gasteiger partial charge in [-0.15, -0.1) is 0 Å². The van der Waals surface area contributed by atoms with Gasteiger partial charge in [0.15, 0.2) is 0 Å². The average molecular weight is 262 g/mol. The molecule has 0 aliphatic heterocycles. The van der Waals surface area contributed by atoms with Gasteiger partial charge in [0.05, 0.1) is 5.02 Å². The van der Waals surface area contributed by atoms with Gasteiger partial charge in [-0.1, -0.05) is 29.8 Å². The number of rotatable bonds is 3. The molecule has 0 spiro atoms. The van der Waals surface area contributed by atoms with Crippen molar-refractivity contribution in [1.29, 1.82) is 0 Å². The van der Waals surface area contributed by atoms with E-state index in [2.05, 4.69) is 0 Å². The van der Waals surface area contributed by atoms with Crippen LogP contribution in [0.15, 0.2) is 42.5 Å². The zero-order chi connectivity index (χ0) is 13.1. The Labute approximate surface area is 112 Å². The van der Waals surface area contributed by atoms with Crippen LogP contribution in [0.2, 0.25) is 5.02 Å². The second-order valence-corrected chi connectivity index (χ2v) is 4.80. The second kappa shape index (κ2) is 5.42. The predicted molar refractivity (Wildman–Crippen MR) is 75.3 cm³/mol.